The number of nitrogens with zero attached hydrogens (tertiary/aromatic N) is 1. The minimum atomic E-state index is -0.711. The molecule has 0 saturated carbocycles. The SMILES string of the molecule is CCc1ccccc1NC(=O)CN1C(=O)N/C(=C/c2cc(Cl)ccc2O)C1=O. The maximum atomic E-state index is 12.5. The Labute approximate surface area is 166 Å². The number of amides is 4. The molecule has 0 unspecified atom stereocenters. The zero-order valence-electron chi connectivity index (χ0n) is 15.0. The van der Waals surface area contributed by atoms with Crippen molar-refractivity contribution in [3.63, 3.8) is 0 Å². The first kappa shape index (κ1) is 19.4. The molecular weight excluding hydrogens is 382 g/mol. The molecule has 28 heavy (non-hydrogen) atoms. The van der Waals surface area contributed by atoms with Crippen LogP contribution in [0.2, 0.25) is 5.02 Å². The number of phenols is 1. The Morgan fingerprint density at radius 1 is 1.25 bits per heavy atom. The molecule has 1 saturated heterocycles. The van der Waals surface area contributed by atoms with Crippen molar-refractivity contribution in [1.82, 2.24) is 10.2 Å². The topological polar surface area (TPSA) is 98.7 Å². The molecule has 0 spiro atoms. The van der Waals surface area contributed by atoms with Crippen LogP contribution in [-0.2, 0) is 16.0 Å². The lowest BCUT2D eigenvalue weighted by Crippen LogP contribution is -2.38. The number of hydrogen-bond acceptors (Lipinski definition) is 4. The minimum Gasteiger partial charge on any atom is -0.507 e. The van der Waals surface area contributed by atoms with Gasteiger partial charge in [0, 0.05) is 16.3 Å². The maximum absolute atomic E-state index is 12.5. The summed E-state index contributed by atoms with van der Waals surface area (Å²) >= 11 is 5.89. The molecule has 1 aliphatic heterocycles. The van der Waals surface area contributed by atoms with Gasteiger partial charge in [0.25, 0.3) is 5.91 Å². The molecule has 144 valence electrons. The molecule has 0 atom stereocenters. The molecule has 0 aliphatic carbocycles. The Bertz CT molecular complexity index is 987. The van der Waals surface area contributed by atoms with Crippen molar-refractivity contribution in [2.45, 2.75) is 13.3 Å². The fourth-order valence-electron chi connectivity index (χ4n) is 2.80. The zero-order chi connectivity index (χ0) is 20.3. The van der Waals surface area contributed by atoms with Crippen LogP contribution >= 0.6 is 11.6 Å². The predicted molar refractivity (Wildman–Crippen MR) is 106 cm³/mol. The first-order valence-electron chi connectivity index (χ1n) is 8.60. The Morgan fingerprint density at radius 2 is 2.00 bits per heavy atom. The van der Waals surface area contributed by atoms with Gasteiger partial charge in [-0.25, -0.2) is 9.69 Å². The third-order valence-electron chi connectivity index (χ3n) is 4.23. The molecular formula is C20H18ClN3O4. The van der Waals surface area contributed by atoms with Crippen LogP contribution in [0.15, 0.2) is 48.2 Å². The fraction of sp³-hybridized carbons (Fsp3) is 0.150. The highest BCUT2D eigenvalue weighted by Gasteiger charge is 2.35. The third-order valence-corrected chi connectivity index (χ3v) is 4.46. The van der Waals surface area contributed by atoms with E-state index in [1.807, 2.05) is 19.1 Å². The Balaban J connectivity index is 1.74. The van der Waals surface area contributed by atoms with Gasteiger partial charge in [0.05, 0.1) is 0 Å². The number of halogens is 1. The molecule has 3 rings (SSSR count). The smallest absolute Gasteiger partial charge is 0.329 e. The first-order chi connectivity index (χ1) is 13.4. The lowest BCUT2D eigenvalue weighted by Gasteiger charge is -2.13. The Morgan fingerprint density at radius 3 is 2.75 bits per heavy atom. The van der Waals surface area contributed by atoms with Gasteiger partial charge in [-0.1, -0.05) is 36.7 Å². The van der Waals surface area contributed by atoms with Crippen molar-refractivity contribution >= 4 is 41.2 Å². The minimum absolute atomic E-state index is 0.0516. The summed E-state index contributed by atoms with van der Waals surface area (Å²) in [5, 5.41) is 15.4. The molecule has 2 aromatic carbocycles. The van der Waals surface area contributed by atoms with E-state index in [1.165, 1.54) is 24.3 Å². The fourth-order valence-corrected chi connectivity index (χ4v) is 2.98. The van der Waals surface area contributed by atoms with Gasteiger partial charge in [-0.3, -0.25) is 9.59 Å². The standard InChI is InChI=1S/C20H18ClN3O4/c1-2-12-5-3-4-6-15(12)22-18(26)11-24-19(27)16(23-20(24)28)10-13-9-14(21)7-8-17(13)25/h3-10,25H,2,11H2,1H3,(H,22,26)(H,23,28)/b16-10+. The second-order valence-electron chi connectivity index (χ2n) is 6.14. The van der Waals surface area contributed by atoms with Crippen LogP contribution in [0.5, 0.6) is 5.75 Å². The highest BCUT2D eigenvalue weighted by molar-refractivity contribution is 6.30. The predicted octanol–water partition coefficient (Wildman–Crippen LogP) is 3.14. The zero-order valence-corrected chi connectivity index (χ0v) is 15.8. The number of hydrogen-bond donors (Lipinski definition) is 3. The molecule has 2 aromatic rings. The van der Waals surface area contributed by atoms with E-state index in [4.69, 9.17) is 11.6 Å². The van der Waals surface area contributed by atoms with Crippen LogP contribution in [-0.4, -0.2) is 34.4 Å². The average molecular weight is 400 g/mol. The molecule has 1 fully saturated rings. The maximum Gasteiger partial charge on any atom is 0.329 e. The van der Waals surface area contributed by atoms with Crippen molar-refractivity contribution in [2.75, 3.05) is 11.9 Å². The lowest BCUT2D eigenvalue weighted by molar-refractivity contribution is -0.127. The number of urea groups is 1. The summed E-state index contributed by atoms with van der Waals surface area (Å²) in [6.07, 6.45) is 2.04. The monoisotopic (exact) mass is 399 g/mol. The summed E-state index contributed by atoms with van der Waals surface area (Å²) in [5.41, 5.74) is 1.82. The van der Waals surface area contributed by atoms with Crippen LogP contribution in [0, 0.1) is 0 Å². The normalized spacial score (nSPS) is 15.1. The largest absolute Gasteiger partial charge is 0.507 e. The first-order valence-corrected chi connectivity index (χ1v) is 8.97. The third kappa shape index (κ3) is 4.15. The van der Waals surface area contributed by atoms with Gasteiger partial charge in [-0.2, -0.15) is 0 Å². The van der Waals surface area contributed by atoms with Crippen LogP contribution in [0.3, 0.4) is 0 Å². The van der Waals surface area contributed by atoms with Gasteiger partial charge in [0.15, 0.2) is 0 Å². The van der Waals surface area contributed by atoms with E-state index in [0.717, 1.165) is 16.9 Å². The summed E-state index contributed by atoms with van der Waals surface area (Å²) in [6.45, 7) is 1.53. The van der Waals surface area contributed by atoms with E-state index in [0.29, 0.717) is 10.7 Å². The molecule has 3 N–H and O–H groups in total. The summed E-state index contributed by atoms with van der Waals surface area (Å²) in [6, 6.07) is 10.9. The molecule has 7 nitrogen and oxygen atoms in total. The molecule has 8 heteroatoms. The van der Waals surface area contributed by atoms with Crippen molar-refractivity contribution in [3.8, 4) is 5.75 Å². The number of phenolic OH excluding ortho intramolecular Hbond substituents is 1. The number of rotatable bonds is 5. The number of para-hydroxylation sites is 1. The summed E-state index contributed by atoms with van der Waals surface area (Å²) in [5.74, 6) is -1.24. The van der Waals surface area contributed by atoms with Crippen LogP contribution < -0.4 is 10.6 Å². The number of aryl methyl sites for hydroxylation is 1. The molecule has 1 aliphatic rings. The second-order valence-corrected chi connectivity index (χ2v) is 6.58. The van der Waals surface area contributed by atoms with Crippen LogP contribution in [0.25, 0.3) is 6.08 Å². The van der Waals surface area contributed by atoms with Gasteiger partial charge in [-0.05, 0) is 42.3 Å². The summed E-state index contributed by atoms with van der Waals surface area (Å²) in [7, 11) is 0. The summed E-state index contributed by atoms with van der Waals surface area (Å²) < 4.78 is 0. The highest BCUT2D eigenvalue weighted by atomic mass is 35.5. The van der Waals surface area contributed by atoms with Crippen molar-refractivity contribution < 1.29 is 19.5 Å². The quantitative estimate of drug-likeness (QED) is 0.531. The van der Waals surface area contributed by atoms with Crippen molar-refractivity contribution in [2.24, 2.45) is 0 Å². The van der Waals surface area contributed by atoms with Gasteiger partial charge >= 0.3 is 6.03 Å². The highest BCUT2D eigenvalue weighted by Crippen LogP contribution is 2.25. The van der Waals surface area contributed by atoms with Crippen LogP contribution in [0.1, 0.15) is 18.1 Å². The van der Waals surface area contributed by atoms with Gasteiger partial charge in [0.1, 0.15) is 18.0 Å². The number of anilines is 1. The Kier molecular flexibility index (Phi) is 5.65. The van der Waals surface area contributed by atoms with E-state index in [-0.39, 0.29) is 17.0 Å². The molecule has 0 radical (unpaired) electrons. The van der Waals surface area contributed by atoms with Gasteiger partial charge < -0.3 is 15.7 Å². The van der Waals surface area contributed by atoms with Gasteiger partial charge in [-0.15, -0.1) is 0 Å². The van der Waals surface area contributed by atoms with E-state index in [2.05, 4.69) is 10.6 Å². The molecule has 0 aromatic heterocycles. The molecule has 1 heterocycles. The van der Waals surface area contributed by atoms with Crippen molar-refractivity contribution in [1.29, 1.82) is 0 Å². The van der Waals surface area contributed by atoms with Gasteiger partial charge in [0.2, 0.25) is 5.91 Å². The van der Waals surface area contributed by atoms with Crippen LogP contribution in [0.4, 0.5) is 10.5 Å². The number of imide groups is 1. The number of carbonyl (C=O) groups is 3. The second kappa shape index (κ2) is 8.14. The lowest BCUT2D eigenvalue weighted by atomic mass is 10.1. The number of benzene rings is 2. The molecule has 0 bridgehead atoms. The Hall–Kier alpha value is -3.32. The van der Waals surface area contributed by atoms with E-state index in [9.17, 15) is 19.5 Å². The van der Waals surface area contributed by atoms with Crippen molar-refractivity contribution in [3.05, 3.63) is 64.3 Å². The molecule has 4 amide bonds. The number of aromatic hydroxyl groups is 1. The van der Waals surface area contributed by atoms with E-state index in [1.54, 1.807) is 12.1 Å². The number of carbonyl (C=O) groups excluding carboxylic acids is 3. The van der Waals surface area contributed by atoms with E-state index < -0.39 is 24.4 Å². The summed E-state index contributed by atoms with van der Waals surface area (Å²) in [4.78, 5) is 37.8. The van der Waals surface area contributed by atoms with E-state index >= 15 is 0 Å². The average Bonchev–Trinajstić information content (AvgIpc) is 2.92. The number of nitrogens with one attached hydrogen (secondary N) is 2.